The first-order chi connectivity index (χ1) is 12.7. The number of para-hydroxylation sites is 2. The fourth-order valence-electron chi connectivity index (χ4n) is 3.43. The van der Waals surface area contributed by atoms with Gasteiger partial charge in [0.1, 0.15) is 5.54 Å². The molecule has 0 bridgehead atoms. The Morgan fingerprint density at radius 2 is 1.96 bits per heavy atom. The molecular weight excluding hydrogens is 350 g/mol. The molecule has 0 amide bonds. The van der Waals surface area contributed by atoms with E-state index in [0.29, 0.717) is 30.6 Å². The molecule has 2 aromatic rings. The van der Waals surface area contributed by atoms with E-state index in [1.54, 1.807) is 5.01 Å². The van der Waals surface area contributed by atoms with Gasteiger partial charge in [-0.15, -0.1) is 5.11 Å². The van der Waals surface area contributed by atoms with Crippen LogP contribution in [0, 0.1) is 0 Å². The molecule has 2 aromatic carbocycles. The lowest BCUT2D eigenvalue weighted by Gasteiger charge is -2.46. The number of azo groups is 1. The van der Waals surface area contributed by atoms with Gasteiger partial charge in [0.05, 0.1) is 17.9 Å². The van der Waals surface area contributed by atoms with E-state index < -0.39 is 5.54 Å². The van der Waals surface area contributed by atoms with Crippen molar-refractivity contribution >= 4 is 28.8 Å². The van der Waals surface area contributed by atoms with Crippen LogP contribution in [0.25, 0.3) is 0 Å². The molecule has 2 aliphatic rings. The molecule has 6 nitrogen and oxygen atoms in total. The zero-order chi connectivity index (χ0) is 18.0. The predicted molar refractivity (Wildman–Crippen MR) is 103 cm³/mol. The molecular formula is C19H20ClN5O. The van der Waals surface area contributed by atoms with Crippen LogP contribution in [0.1, 0.15) is 18.4 Å². The number of hydrazine groups is 1. The van der Waals surface area contributed by atoms with Gasteiger partial charge < -0.3 is 4.74 Å². The average molecular weight is 370 g/mol. The summed E-state index contributed by atoms with van der Waals surface area (Å²) >= 11 is 6.03. The van der Waals surface area contributed by atoms with Crippen LogP contribution < -0.4 is 10.9 Å². The summed E-state index contributed by atoms with van der Waals surface area (Å²) in [6.07, 6.45) is 1.46. The van der Waals surface area contributed by atoms with E-state index in [-0.39, 0.29) is 0 Å². The number of hydrogen-bond acceptors (Lipinski definition) is 6. The van der Waals surface area contributed by atoms with E-state index >= 15 is 0 Å². The SMILES string of the molecule is NN1c2ccccc2N=C(N=NCc2cccc(Cl)c2)C12CCOCC2. The van der Waals surface area contributed by atoms with E-state index in [4.69, 9.17) is 27.2 Å². The Hall–Kier alpha value is -2.28. The number of fused-ring (bicyclic) bond motifs is 1. The molecule has 0 aromatic heterocycles. The summed E-state index contributed by atoms with van der Waals surface area (Å²) in [5.41, 5.74) is 2.24. The van der Waals surface area contributed by atoms with Crippen LogP contribution in [0.5, 0.6) is 0 Å². The van der Waals surface area contributed by atoms with Crippen LogP contribution >= 0.6 is 11.6 Å². The van der Waals surface area contributed by atoms with Crippen LogP contribution in [0.3, 0.4) is 0 Å². The molecule has 4 rings (SSSR count). The Morgan fingerprint density at radius 1 is 1.15 bits per heavy atom. The summed E-state index contributed by atoms with van der Waals surface area (Å²) in [5.74, 6) is 7.17. The lowest BCUT2D eigenvalue weighted by atomic mass is 9.86. The topological polar surface area (TPSA) is 75.6 Å². The van der Waals surface area contributed by atoms with E-state index in [9.17, 15) is 0 Å². The molecule has 1 spiro atoms. The van der Waals surface area contributed by atoms with Gasteiger partial charge in [-0.2, -0.15) is 5.11 Å². The first-order valence-corrected chi connectivity index (χ1v) is 9.00. The zero-order valence-corrected chi connectivity index (χ0v) is 15.1. The second-order valence-electron chi connectivity index (χ2n) is 6.47. The quantitative estimate of drug-likeness (QED) is 0.634. The maximum Gasteiger partial charge on any atom is 0.178 e. The van der Waals surface area contributed by atoms with Crippen molar-refractivity contribution < 1.29 is 4.74 Å². The largest absolute Gasteiger partial charge is 0.381 e. The van der Waals surface area contributed by atoms with Gasteiger partial charge in [0.25, 0.3) is 0 Å². The molecule has 2 aliphatic heterocycles. The van der Waals surface area contributed by atoms with Crippen molar-refractivity contribution in [3.63, 3.8) is 0 Å². The number of hydrogen-bond donors (Lipinski definition) is 1. The molecule has 0 aliphatic carbocycles. The van der Waals surface area contributed by atoms with Gasteiger partial charge in [0.15, 0.2) is 5.84 Å². The fourth-order valence-corrected chi connectivity index (χ4v) is 3.64. The van der Waals surface area contributed by atoms with E-state index in [1.165, 1.54) is 0 Å². The minimum absolute atomic E-state index is 0.443. The monoisotopic (exact) mass is 369 g/mol. The number of halogens is 1. The smallest absolute Gasteiger partial charge is 0.178 e. The van der Waals surface area contributed by atoms with E-state index in [2.05, 4.69) is 10.2 Å². The van der Waals surface area contributed by atoms with E-state index in [1.807, 2.05) is 48.5 Å². The third-order valence-electron chi connectivity index (χ3n) is 4.87. The third-order valence-corrected chi connectivity index (χ3v) is 5.11. The van der Waals surface area contributed by atoms with Crippen LogP contribution in [0.15, 0.2) is 63.8 Å². The second kappa shape index (κ2) is 7.15. The number of nitrogens with zero attached hydrogens (tertiary/aromatic N) is 4. The molecule has 26 heavy (non-hydrogen) atoms. The van der Waals surface area contributed by atoms with Gasteiger partial charge in [-0.1, -0.05) is 35.9 Å². The van der Waals surface area contributed by atoms with Gasteiger partial charge in [0.2, 0.25) is 0 Å². The molecule has 0 atom stereocenters. The molecule has 1 saturated heterocycles. The number of aliphatic imine (C=N–C) groups is 1. The van der Waals surface area contributed by atoms with Crippen molar-refractivity contribution in [2.24, 2.45) is 21.1 Å². The number of amidine groups is 1. The molecule has 2 N–H and O–H groups in total. The third kappa shape index (κ3) is 3.11. The zero-order valence-electron chi connectivity index (χ0n) is 14.3. The maximum absolute atomic E-state index is 6.53. The first-order valence-electron chi connectivity index (χ1n) is 8.62. The van der Waals surface area contributed by atoms with Crippen molar-refractivity contribution in [3.05, 3.63) is 59.1 Å². The molecule has 0 unspecified atom stereocenters. The number of benzene rings is 2. The molecule has 0 radical (unpaired) electrons. The van der Waals surface area contributed by atoms with Gasteiger partial charge in [0, 0.05) is 31.1 Å². The fraction of sp³-hybridized carbons (Fsp3) is 0.316. The van der Waals surface area contributed by atoms with Crippen molar-refractivity contribution in [2.45, 2.75) is 24.9 Å². The molecule has 1 fully saturated rings. The standard InChI is InChI=1S/C19H20ClN5O/c20-15-5-3-4-14(12-15)13-22-24-18-19(8-10-26-11-9-19)25(21)17-7-2-1-6-16(17)23-18/h1-7,12H,8-11,13,21H2. The van der Waals surface area contributed by atoms with Gasteiger partial charge in [-0.25, -0.2) is 10.8 Å². The Bertz CT molecular complexity index is 861. The summed E-state index contributed by atoms with van der Waals surface area (Å²) in [7, 11) is 0. The van der Waals surface area contributed by atoms with Crippen LogP contribution in [-0.4, -0.2) is 24.6 Å². The van der Waals surface area contributed by atoms with E-state index in [0.717, 1.165) is 29.8 Å². The van der Waals surface area contributed by atoms with Crippen molar-refractivity contribution in [3.8, 4) is 0 Å². The highest BCUT2D eigenvalue weighted by atomic mass is 35.5. The molecule has 2 heterocycles. The molecule has 7 heteroatoms. The minimum Gasteiger partial charge on any atom is -0.381 e. The van der Waals surface area contributed by atoms with Gasteiger partial charge in [-0.05, 0) is 29.8 Å². The summed E-state index contributed by atoms with van der Waals surface area (Å²) < 4.78 is 5.54. The van der Waals surface area contributed by atoms with Crippen molar-refractivity contribution in [1.82, 2.24) is 0 Å². The molecule has 134 valence electrons. The summed E-state index contributed by atoms with van der Waals surface area (Å²) in [6.45, 7) is 1.69. The second-order valence-corrected chi connectivity index (χ2v) is 6.90. The Morgan fingerprint density at radius 3 is 2.77 bits per heavy atom. The lowest BCUT2D eigenvalue weighted by molar-refractivity contribution is 0.0695. The van der Waals surface area contributed by atoms with Gasteiger partial charge >= 0.3 is 0 Å². The number of rotatable bonds is 2. The normalized spacial score (nSPS) is 18.8. The van der Waals surface area contributed by atoms with Crippen molar-refractivity contribution in [1.29, 1.82) is 0 Å². The number of anilines is 1. The predicted octanol–water partition coefficient (Wildman–Crippen LogP) is 4.27. The Labute approximate surface area is 157 Å². The maximum atomic E-state index is 6.53. The summed E-state index contributed by atoms with van der Waals surface area (Å²) in [4.78, 5) is 4.77. The van der Waals surface area contributed by atoms with Crippen LogP contribution in [-0.2, 0) is 11.3 Å². The van der Waals surface area contributed by atoms with Crippen LogP contribution in [0.2, 0.25) is 5.02 Å². The first kappa shape index (κ1) is 17.1. The summed E-state index contributed by atoms with van der Waals surface area (Å²) in [6, 6.07) is 15.4. The highest BCUT2D eigenvalue weighted by Gasteiger charge is 2.46. The highest BCUT2D eigenvalue weighted by Crippen LogP contribution is 2.41. The average Bonchev–Trinajstić information content (AvgIpc) is 2.67. The van der Waals surface area contributed by atoms with Crippen LogP contribution in [0.4, 0.5) is 11.4 Å². The minimum atomic E-state index is -0.482. The Kier molecular flexibility index (Phi) is 4.72. The Balaban J connectivity index is 1.67. The highest BCUT2D eigenvalue weighted by molar-refractivity contribution is 6.30. The number of ether oxygens (including phenoxy) is 1. The van der Waals surface area contributed by atoms with Crippen molar-refractivity contribution in [2.75, 3.05) is 18.2 Å². The van der Waals surface area contributed by atoms with Gasteiger partial charge in [-0.3, -0.25) is 5.01 Å². The summed E-state index contributed by atoms with van der Waals surface area (Å²) in [5, 5.41) is 11.4. The lowest BCUT2D eigenvalue weighted by Crippen LogP contribution is -2.61. The number of nitrogens with two attached hydrogens (primary N) is 1. The molecule has 0 saturated carbocycles.